The molecule has 1 aliphatic rings. The highest BCUT2D eigenvalue weighted by molar-refractivity contribution is 7.09. The molecule has 1 aliphatic heterocycles. The Bertz CT molecular complexity index is 661. The lowest BCUT2D eigenvalue weighted by molar-refractivity contribution is 0.241. The maximum atomic E-state index is 10.3. The zero-order valence-corrected chi connectivity index (χ0v) is 14.9. The fourth-order valence-electron chi connectivity index (χ4n) is 3.18. The number of aromatic hydroxyl groups is 1. The second kappa shape index (κ2) is 8.07. The summed E-state index contributed by atoms with van der Waals surface area (Å²) < 4.78 is 0. The van der Waals surface area contributed by atoms with Crippen LogP contribution >= 0.6 is 11.3 Å². The van der Waals surface area contributed by atoms with E-state index in [4.69, 9.17) is 0 Å². The summed E-state index contributed by atoms with van der Waals surface area (Å²) in [6, 6.07) is 4.30. The van der Waals surface area contributed by atoms with Crippen molar-refractivity contribution in [3.05, 3.63) is 45.4 Å². The zero-order chi connectivity index (χ0) is 16.9. The van der Waals surface area contributed by atoms with Crippen LogP contribution in [0.15, 0.2) is 23.7 Å². The van der Waals surface area contributed by atoms with E-state index in [1.54, 1.807) is 13.1 Å². The molecule has 3 rings (SSSR count). The summed E-state index contributed by atoms with van der Waals surface area (Å²) in [4.78, 5) is 10.4. The summed E-state index contributed by atoms with van der Waals surface area (Å²) >= 11 is 1.81. The van der Waals surface area contributed by atoms with Crippen molar-refractivity contribution in [2.24, 2.45) is 0 Å². The number of pyridine rings is 1. The Morgan fingerprint density at radius 2 is 1.92 bits per heavy atom. The topological polar surface area (TPSA) is 59.8 Å². The maximum absolute atomic E-state index is 10.3. The Hall–Kier alpha value is -1.47. The standard InChI is InChI=1S/C18H25N3O2S/c1-14-18(23)17(15(13-22)10-19-14)12-21-6-3-5-20(7-8-21)11-16-4-2-9-24-16/h2,4,9-10,22-23H,3,5-8,11-13H2,1H3. The molecular weight excluding hydrogens is 322 g/mol. The third-order valence-electron chi connectivity index (χ3n) is 4.62. The minimum atomic E-state index is -0.0888. The number of thiophene rings is 1. The average Bonchev–Trinajstić information content (AvgIpc) is 2.99. The highest BCUT2D eigenvalue weighted by Crippen LogP contribution is 2.26. The molecule has 0 aliphatic carbocycles. The van der Waals surface area contributed by atoms with E-state index >= 15 is 0 Å². The van der Waals surface area contributed by atoms with Gasteiger partial charge in [-0.3, -0.25) is 14.8 Å². The van der Waals surface area contributed by atoms with Crippen LogP contribution in [-0.2, 0) is 19.7 Å². The van der Waals surface area contributed by atoms with Crippen molar-refractivity contribution in [2.75, 3.05) is 26.2 Å². The van der Waals surface area contributed by atoms with Crippen LogP contribution in [0.25, 0.3) is 0 Å². The number of nitrogens with zero attached hydrogens (tertiary/aromatic N) is 3. The first-order valence-electron chi connectivity index (χ1n) is 8.41. The van der Waals surface area contributed by atoms with Crippen molar-refractivity contribution in [1.82, 2.24) is 14.8 Å². The number of rotatable bonds is 5. The molecule has 0 radical (unpaired) electrons. The van der Waals surface area contributed by atoms with Gasteiger partial charge in [0.15, 0.2) is 0 Å². The molecule has 0 aromatic carbocycles. The molecular formula is C18H25N3O2S. The number of aryl methyl sites for hydroxylation is 1. The molecule has 0 spiro atoms. The van der Waals surface area contributed by atoms with E-state index in [0.29, 0.717) is 12.2 Å². The molecule has 2 N–H and O–H groups in total. The van der Waals surface area contributed by atoms with Gasteiger partial charge >= 0.3 is 0 Å². The van der Waals surface area contributed by atoms with Crippen molar-refractivity contribution >= 4 is 11.3 Å². The summed E-state index contributed by atoms with van der Waals surface area (Å²) in [6.45, 7) is 7.49. The van der Waals surface area contributed by atoms with E-state index < -0.39 is 0 Å². The molecule has 5 nitrogen and oxygen atoms in total. The molecule has 0 bridgehead atoms. The molecule has 0 atom stereocenters. The molecule has 0 saturated carbocycles. The van der Waals surface area contributed by atoms with E-state index in [9.17, 15) is 10.2 Å². The van der Waals surface area contributed by atoms with Crippen LogP contribution < -0.4 is 0 Å². The largest absolute Gasteiger partial charge is 0.506 e. The SMILES string of the molecule is Cc1ncc(CO)c(CN2CCCN(Cc3cccs3)CC2)c1O. The van der Waals surface area contributed by atoms with Crippen LogP contribution in [0.1, 0.15) is 28.1 Å². The number of aliphatic hydroxyl groups excluding tert-OH is 1. The summed E-state index contributed by atoms with van der Waals surface area (Å²) in [5.41, 5.74) is 2.16. The van der Waals surface area contributed by atoms with Crippen LogP contribution in [0.5, 0.6) is 5.75 Å². The van der Waals surface area contributed by atoms with E-state index in [1.807, 2.05) is 11.3 Å². The lowest BCUT2D eigenvalue weighted by Gasteiger charge is -2.23. The highest BCUT2D eigenvalue weighted by Gasteiger charge is 2.19. The van der Waals surface area contributed by atoms with Crippen molar-refractivity contribution in [3.8, 4) is 5.75 Å². The maximum Gasteiger partial charge on any atom is 0.141 e. The summed E-state index contributed by atoms with van der Waals surface area (Å²) in [5, 5.41) is 22.0. The second-order valence-electron chi connectivity index (χ2n) is 6.34. The van der Waals surface area contributed by atoms with Crippen molar-refractivity contribution in [3.63, 3.8) is 0 Å². The fraction of sp³-hybridized carbons (Fsp3) is 0.500. The number of aromatic nitrogens is 1. The summed E-state index contributed by atoms with van der Waals surface area (Å²) in [5.74, 6) is 0.223. The van der Waals surface area contributed by atoms with E-state index in [-0.39, 0.29) is 12.4 Å². The molecule has 130 valence electrons. The van der Waals surface area contributed by atoms with Gasteiger partial charge in [0.2, 0.25) is 0 Å². The van der Waals surface area contributed by atoms with Crippen molar-refractivity contribution < 1.29 is 10.2 Å². The Kier molecular flexibility index (Phi) is 5.84. The van der Waals surface area contributed by atoms with E-state index in [2.05, 4.69) is 32.3 Å². The van der Waals surface area contributed by atoms with Crippen LogP contribution in [0.2, 0.25) is 0 Å². The molecule has 24 heavy (non-hydrogen) atoms. The molecule has 6 heteroatoms. The van der Waals surface area contributed by atoms with Gasteiger partial charge in [-0.1, -0.05) is 6.07 Å². The van der Waals surface area contributed by atoms with Gasteiger partial charge in [-0.05, 0) is 37.9 Å². The lowest BCUT2D eigenvalue weighted by Crippen LogP contribution is -2.30. The Balaban J connectivity index is 1.64. The van der Waals surface area contributed by atoms with Crippen molar-refractivity contribution in [1.29, 1.82) is 0 Å². The quantitative estimate of drug-likeness (QED) is 0.869. The number of hydrogen-bond acceptors (Lipinski definition) is 6. The first-order valence-corrected chi connectivity index (χ1v) is 9.29. The minimum Gasteiger partial charge on any atom is -0.506 e. The Morgan fingerprint density at radius 3 is 2.58 bits per heavy atom. The van der Waals surface area contributed by atoms with Gasteiger partial charge in [0.1, 0.15) is 5.75 Å². The van der Waals surface area contributed by atoms with Gasteiger partial charge in [0.05, 0.1) is 12.3 Å². The Morgan fingerprint density at radius 1 is 1.17 bits per heavy atom. The van der Waals surface area contributed by atoms with E-state index in [0.717, 1.165) is 50.3 Å². The average molecular weight is 347 g/mol. The zero-order valence-electron chi connectivity index (χ0n) is 14.1. The predicted molar refractivity (Wildman–Crippen MR) is 96.1 cm³/mol. The molecule has 2 aromatic heterocycles. The fourth-order valence-corrected chi connectivity index (χ4v) is 3.93. The van der Waals surface area contributed by atoms with Gasteiger partial charge in [0, 0.05) is 48.4 Å². The molecule has 2 aromatic rings. The first kappa shape index (κ1) is 17.4. The number of aliphatic hydroxyl groups is 1. The van der Waals surface area contributed by atoms with Gasteiger partial charge in [0.25, 0.3) is 0 Å². The lowest BCUT2D eigenvalue weighted by atomic mass is 10.1. The van der Waals surface area contributed by atoms with Crippen molar-refractivity contribution in [2.45, 2.75) is 33.0 Å². The minimum absolute atomic E-state index is 0.0888. The summed E-state index contributed by atoms with van der Waals surface area (Å²) in [6.07, 6.45) is 2.79. The highest BCUT2D eigenvalue weighted by atomic mass is 32.1. The molecule has 0 unspecified atom stereocenters. The Labute approximate surface area is 147 Å². The molecule has 3 heterocycles. The van der Waals surface area contributed by atoms with Crippen LogP contribution in [0.3, 0.4) is 0 Å². The molecule has 1 saturated heterocycles. The van der Waals surface area contributed by atoms with Gasteiger partial charge in [-0.2, -0.15) is 0 Å². The smallest absolute Gasteiger partial charge is 0.141 e. The second-order valence-corrected chi connectivity index (χ2v) is 7.37. The summed E-state index contributed by atoms with van der Waals surface area (Å²) in [7, 11) is 0. The van der Waals surface area contributed by atoms with Crippen LogP contribution in [0, 0.1) is 6.92 Å². The molecule has 1 fully saturated rings. The van der Waals surface area contributed by atoms with E-state index in [1.165, 1.54) is 4.88 Å². The van der Waals surface area contributed by atoms with Crippen LogP contribution in [0.4, 0.5) is 0 Å². The number of hydrogen-bond donors (Lipinski definition) is 2. The third-order valence-corrected chi connectivity index (χ3v) is 5.48. The monoisotopic (exact) mass is 347 g/mol. The third kappa shape index (κ3) is 4.13. The van der Waals surface area contributed by atoms with Gasteiger partial charge in [-0.25, -0.2) is 0 Å². The van der Waals surface area contributed by atoms with Gasteiger partial charge in [-0.15, -0.1) is 11.3 Å². The first-order chi connectivity index (χ1) is 11.7. The normalized spacial score (nSPS) is 17.1. The van der Waals surface area contributed by atoms with Gasteiger partial charge < -0.3 is 10.2 Å². The molecule has 0 amide bonds. The van der Waals surface area contributed by atoms with Crippen LogP contribution in [-0.4, -0.2) is 51.2 Å². The predicted octanol–water partition coefficient (Wildman–Crippen LogP) is 2.36.